The Bertz CT molecular complexity index is 500. The maximum atomic E-state index is 12.3. The van der Waals surface area contributed by atoms with Crippen LogP contribution in [0.4, 0.5) is 0 Å². The second-order valence-corrected chi connectivity index (χ2v) is 5.36. The number of carbonyl (C=O) groups is 1. The second kappa shape index (κ2) is 4.84. The standard InChI is InChI=1S/C13H14O3S/c1-3-10-8-16-13(14)12(10)17(15)11-6-4-9(2)5-7-11/h4-7H,3,8H2,1-2H3. The summed E-state index contributed by atoms with van der Waals surface area (Å²) in [6.07, 6.45) is 0.693. The van der Waals surface area contributed by atoms with E-state index in [-0.39, 0.29) is 6.61 Å². The van der Waals surface area contributed by atoms with Crippen LogP contribution in [0, 0.1) is 6.92 Å². The van der Waals surface area contributed by atoms with Gasteiger partial charge >= 0.3 is 5.97 Å². The van der Waals surface area contributed by atoms with E-state index in [1.54, 1.807) is 12.1 Å². The smallest absolute Gasteiger partial charge is 0.347 e. The van der Waals surface area contributed by atoms with Crippen molar-refractivity contribution in [3.05, 3.63) is 40.3 Å². The Labute approximate surface area is 103 Å². The van der Waals surface area contributed by atoms with Gasteiger partial charge in [-0.3, -0.25) is 0 Å². The average Bonchev–Trinajstić information content (AvgIpc) is 2.70. The summed E-state index contributed by atoms with van der Waals surface area (Å²) in [5, 5.41) is 0. The first-order valence-corrected chi connectivity index (χ1v) is 6.66. The zero-order chi connectivity index (χ0) is 12.4. The zero-order valence-corrected chi connectivity index (χ0v) is 10.7. The van der Waals surface area contributed by atoms with Crippen LogP contribution in [0.15, 0.2) is 39.6 Å². The van der Waals surface area contributed by atoms with Gasteiger partial charge in [-0.15, -0.1) is 0 Å². The summed E-state index contributed by atoms with van der Waals surface area (Å²) in [5.41, 5.74) is 1.94. The highest BCUT2D eigenvalue weighted by Crippen LogP contribution is 2.26. The summed E-state index contributed by atoms with van der Waals surface area (Å²) in [6.45, 7) is 4.18. The topological polar surface area (TPSA) is 43.4 Å². The third-order valence-electron chi connectivity index (χ3n) is 2.73. The van der Waals surface area contributed by atoms with Crippen LogP contribution < -0.4 is 0 Å². The highest BCUT2D eigenvalue weighted by Gasteiger charge is 2.29. The van der Waals surface area contributed by atoms with Gasteiger partial charge in [-0.05, 0) is 31.1 Å². The van der Waals surface area contributed by atoms with Crippen LogP contribution in [0.5, 0.6) is 0 Å². The summed E-state index contributed by atoms with van der Waals surface area (Å²) in [6, 6.07) is 7.36. The quantitative estimate of drug-likeness (QED) is 0.773. The lowest BCUT2D eigenvalue weighted by Crippen LogP contribution is -2.06. The van der Waals surface area contributed by atoms with Gasteiger partial charge in [0, 0.05) is 4.90 Å². The van der Waals surface area contributed by atoms with Crippen LogP contribution in [-0.2, 0) is 20.3 Å². The minimum absolute atomic E-state index is 0.280. The molecule has 0 saturated heterocycles. The van der Waals surface area contributed by atoms with Crippen molar-refractivity contribution in [3.63, 3.8) is 0 Å². The fourth-order valence-corrected chi connectivity index (χ4v) is 2.97. The summed E-state index contributed by atoms with van der Waals surface area (Å²) < 4.78 is 17.2. The van der Waals surface area contributed by atoms with E-state index >= 15 is 0 Å². The lowest BCUT2D eigenvalue weighted by Gasteiger charge is -2.03. The molecule has 3 nitrogen and oxygen atoms in total. The van der Waals surface area contributed by atoms with Gasteiger partial charge in [-0.2, -0.15) is 0 Å². The summed E-state index contributed by atoms with van der Waals surface area (Å²) >= 11 is 0. The molecular weight excluding hydrogens is 236 g/mol. The molecule has 1 aliphatic heterocycles. The van der Waals surface area contributed by atoms with Crippen LogP contribution in [0.1, 0.15) is 18.9 Å². The minimum Gasteiger partial charge on any atom is -0.457 e. The maximum absolute atomic E-state index is 12.3. The van der Waals surface area contributed by atoms with Crippen molar-refractivity contribution in [2.75, 3.05) is 6.61 Å². The molecule has 90 valence electrons. The molecule has 1 aromatic rings. The molecule has 0 spiro atoms. The molecule has 0 bridgehead atoms. The van der Waals surface area contributed by atoms with E-state index in [1.807, 2.05) is 26.0 Å². The molecule has 1 unspecified atom stereocenters. The normalized spacial score (nSPS) is 17.2. The van der Waals surface area contributed by atoms with Gasteiger partial charge < -0.3 is 4.74 Å². The van der Waals surface area contributed by atoms with Crippen LogP contribution in [-0.4, -0.2) is 16.8 Å². The zero-order valence-electron chi connectivity index (χ0n) is 9.86. The third-order valence-corrected chi connectivity index (χ3v) is 4.26. The number of ether oxygens (including phenoxy) is 1. The number of carbonyl (C=O) groups excluding carboxylic acids is 1. The number of hydrogen-bond donors (Lipinski definition) is 0. The summed E-state index contributed by atoms with van der Waals surface area (Å²) in [4.78, 5) is 12.5. The number of esters is 1. The summed E-state index contributed by atoms with van der Waals surface area (Å²) in [7, 11) is -1.42. The van der Waals surface area contributed by atoms with E-state index in [0.717, 1.165) is 11.1 Å². The number of benzene rings is 1. The predicted octanol–water partition coefficient (Wildman–Crippen LogP) is 2.32. The van der Waals surface area contributed by atoms with Crippen LogP contribution in [0.25, 0.3) is 0 Å². The highest BCUT2D eigenvalue weighted by atomic mass is 32.2. The Kier molecular flexibility index (Phi) is 3.43. The molecule has 0 saturated carbocycles. The van der Waals surface area contributed by atoms with Gasteiger partial charge in [-0.25, -0.2) is 9.00 Å². The number of cyclic esters (lactones) is 1. The molecule has 0 aliphatic carbocycles. The molecule has 17 heavy (non-hydrogen) atoms. The largest absolute Gasteiger partial charge is 0.457 e. The van der Waals surface area contributed by atoms with Gasteiger partial charge in [0.15, 0.2) is 0 Å². The van der Waals surface area contributed by atoms with Gasteiger partial charge in [0.1, 0.15) is 11.5 Å². The lowest BCUT2D eigenvalue weighted by molar-refractivity contribution is -0.135. The van der Waals surface area contributed by atoms with Crippen LogP contribution in [0.2, 0.25) is 0 Å². The minimum atomic E-state index is -1.42. The molecule has 0 radical (unpaired) electrons. The van der Waals surface area contributed by atoms with E-state index in [0.29, 0.717) is 16.2 Å². The molecular formula is C13H14O3S. The molecule has 0 amide bonds. The number of aryl methyl sites for hydroxylation is 1. The van der Waals surface area contributed by atoms with E-state index in [2.05, 4.69) is 0 Å². The molecule has 2 rings (SSSR count). The Hall–Kier alpha value is -1.42. The Morgan fingerprint density at radius 1 is 1.29 bits per heavy atom. The predicted molar refractivity (Wildman–Crippen MR) is 65.9 cm³/mol. The van der Waals surface area contributed by atoms with Crippen molar-refractivity contribution in [1.82, 2.24) is 0 Å². The Morgan fingerprint density at radius 3 is 2.53 bits per heavy atom. The first kappa shape index (κ1) is 12.0. The maximum Gasteiger partial charge on any atom is 0.347 e. The average molecular weight is 250 g/mol. The molecule has 1 aliphatic rings. The fraction of sp³-hybridized carbons (Fsp3) is 0.308. The molecule has 1 aromatic carbocycles. The lowest BCUT2D eigenvalue weighted by atomic mass is 10.2. The first-order valence-electron chi connectivity index (χ1n) is 5.51. The van der Waals surface area contributed by atoms with Crippen molar-refractivity contribution >= 4 is 16.8 Å². The highest BCUT2D eigenvalue weighted by molar-refractivity contribution is 7.90. The fourth-order valence-electron chi connectivity index (χ4n) is 1.68. The van der Waals surface area contributed by atoms with Crippen molar-refractivity contribution in [2.24, 2.45) is 0 Å². The number of hydrogen-bond acceptors (Lipinski definition) is 3. The van der Waals surface area contributed by atoms with E-state index in [1.165, 1.54) is 0 Å². The Balaban J connectivity index is 2.37. The monoisotopic (exact) mass is 250 g/mol. The van der Waals surface area contributed by atoms with Crippen LogP contribution >= 0.6 is 0 Å². The molecule has 0 aromatic heterocycles. The first-order chi connectivity index (χ1) is 8.13. The molecule has 1 atom stereocenters. The van der Waals surface area contributed by atoms with Gasteiger partial charge in [-0.1, -0.05) is 24.6 Å². The SMILES string of the molecule is CCC1=C(S(=O)c2ccc(C)cc2)C(=O)OC1. The van der Waals surface area contributed by atoms with Gasteiger partial charge in [0.2, 0.25) is 0 Å². The van der Waals surface area contributed by atoms with E-state index < -0.39 is 16.8 Å². The van der Waals surface area contributed by atoms with Crippen molar-refractivity contribution in [3.8, 4) is 0 Å². The summed E-state index contributed by atoms with van der Waals surface area (Å²) in [5.74, 6) is -0.444. The van der Waals surface area contributed by atoms with Crippen molar-refractivity contribution in [1.29, 1.82) is 0 Å². The molecule has 0 fully saturated rings. The number of rotatable bonds is 3. The molecule has 4 heteroatoms. The second-order valence-electron chi connectivity index (χ2n) is 3.94. The van der Waals surface area contributed by atoms with E-state index in [4.69, 9.17) is 4.74 Å². The molecule has 1 heterocycles. The third kappa shape index (κ3) is 2.31. The van der Waals surface area contributed by atoms with E-state index in [9.17, 15) is 9.00 Å². The van der Waals surface area contributed by atoms with Crippen molar-refractivity contribution in [2.45, 2.75) is 25.2 Å². The van der Waals surface area contributed by atoms with Crippen LogP contribution in [0.3, 0.4) is 0 Å². The van der Waals surface area contributed by atoms with Crippen molar-refractivity contribution < 1.29 is 13.7 Å². The molecule has 0 N–H and O–H groups in total. The Morgan fingerprint density at radius 2 is 1.94 bits per heavy atom. The van der Waals surface area contributed by atoms with Gasteiger partial charge in [0.05, 0.1) is 10.8 Å². The van der Waals surface area contributed by atoms with Gasteiger partial charge in [0.25, 0.3) is 0 Å².